The number of thioether (sulfide) groups is 1. The third-order valence-corrected chi connectivity index (χ3v) is 5.32. The van der Waals surface area contributed by atoms with E-state index < -0.39 is 0 Å². The topological polar surface area (TPSA) is 26.0 Å². The first-order chi connectivity index (χ1) is 6.31. The van der Waals surface area contributed by atoms with Gasteiger partial charge >= 0.3 is 0 Å². The van der Waals surface area contributed by atoms with Gasteiger partial charge in [0.25, 0.3) is 0 Å². The molecule has 0 spiro atoms. The van der Waals surface area contributed by atoms with Crippen molar-refractivity contribution in [1.29, 1.82) is 0 Å². The third kappa shape index (κ3) is 1.42. The summed E-state index contributed by atoms with van der Waals surface area (Å²) in [6, 6.07) is 0. The summed E-state index contributed by atoms with van der Waals surface area (Å²) < 4.78 is 0. The molecule has 3 rings (SSSR count). The zero-order valence-corrected chi connectivity index (χ0v) is 8.98. The molecule has 0 radical (unpaired) electrons. The van der Waals surface area contributed by atoms with Crippen molar-refractivity contribution >= 4 is 11.8 Å². The van der Waals surface area contributed by atoms with E-state index in [0.29, 0.717) is 5.54 Å². The van der Waals surface area contributed by atoms with Gasteiger partial charge in [-0.3, -0.25) is 0 Å². The van der Waals surface area contributed by atoms with Crippen LogP contribution in [0.4, 0.5) is 0 Å². The molecule has 2 atom stereocenters. The summed E-state index contributed by atoms with van der Waals surface area (Å²) in [6.07, 6.45) is 7.10. The number of hydrogen-bond acceptors (Lipinski definition) is 2. The molecule has 0 aromatic rings. The molecule has 2 unspecified atom stereocenters. The van der Waals surface area contributed by atoms with E-state index >= 15 is 0 Å². The van der Waals surface area contributed by atoms with Crippen LogP contribution in [-0.2, 0) is 0 Å². The van der Waals surface area contributed by atoms with Crippen LogP contribution in [0, 0.1) is 17.8 Å². The number of nitrogens with two attached hydrogens (primary N) is 1. The van der Waals surface area contributed by atoms with Crippen molar-refractivity contribution in [2.24, 2.45) is 23.5 Å². The molecule has 0 amide bonds. The van der Waals surface area contributed by atoms with Crippen LogP contribution in [0.3, 0.4) is 0 Å². The predicted molar refractivity (Wildman–Crippen MR) is 57.8 cm³/mol. The zero-order valence-electron chi connectivity index (χ0n) is 8.17. The van der Waals surface area contributed by atoms with Gasteiger partial charge in [0.2, 0.25) is 0 Å². The summed E-state index contributed by atoms with van der Waals surface area (Å²) in [5.41, 5.74) is 6.80. The lowest BCUT2D eigenvalue weighted by Gasteiger charge is -2.28. The molecule has 3 fully saturated rings. The molecule has 74 valence electrons. The van der Waals surface area contributed by atoms with Gasteiger partial charge in [0.05, 0.1) is 0 Å². The van der Waals surface area contributed by atoms with Gasteiger partial charge < -0.3 is 5.73 Å². The first kappa shape index (κ1) is 8.60. The van der Waals surface area contributed by atoms with Crippen molar-refractivity contribution in [2.45, 2.75) is 37.6 Å². The monoisotopic (exact) mass is 197 g/mol. The lowest BCUT2D eigenvalue weighted by Crippen LogP contribution is -2.37. The number of hydrogen-bond donors (Lipinski definition) is 1. The Morgan fingerprint density at radius 2 is 1.77 bits per heavy atom. The van der Waals surface area contributed by atoms with Gasteiger partial charge in [0.15, 0.2) is 0 Å². The van der Waals surface area contributed by atoms with Crippen LogP contribution in [0.5, 0.6) is 0 Å². The molecule has 2 saturated carbocycles. The summed E-state index contributed by atoms with van der Waals surface area (Å²) in [7, 11) is 0. The minimum absolute atomic E-state index is 0.308. The van der Waals surface area contributed by atoms with Gasteiger partial charge in [-0.1, -0.05) is 0 Å². The first-order valence-corrected chi connectivity index (χ1v) is 6.83. The van der Waals surface area contributed by atoms with Gasteiger partial charge in [0.1, 0.15) is 0 Å². The molecule has 2 N–H and O–H groups in total. The molecule has 1 saturated heterocycles. The van der Waals surface area contributed by atoms with Crippen LogP contribution in [0.25, 0.3) is 0 Å². The van der Waals surface area contributed by atoms with E-state index in [9.17, 15) is 0 Å². The average molecular weight is 197 g/mol. The van der Waals surface area contributed by atoms with E-state index in [2.05, 4.69) is 11.8 Å². The summed E-state index contributed by atoms with van der Waals surface area (Å²) in [4.78, 5) is 0. The fourth-order valence-electron chi connectivity index (χ4n) is 3.13. The fraction of sp³-hybridized carbons (Fsp3) is 1.00. The Kier molecular flexibility index (Phi) is 1.92. The van der Waals surface area contributed by atoms with E-state index in [4.69, 9.17) is 5.73 Å². The maximum absolute atomic E-state index is 6.50. The van der Waals surface area contributed by atoms with Crippen molar-refractivity contribution in [2.75, 3.05) is 11.5 Å². The maximum atomic E-state index is 6.50. The summed E-state index contributed by atoms with van der Waals surface area (Å²) in [6.45, 7) is 0. The second-order valence-electron chi connectivity index (χ2n) is 5.15. The van der Waals surface area contributed by atoms with Crippen LogP contribution in [-0.4, -0.2) is 17.0 Å². The maximum Gasteiger partial charge on any atom is 0.0218 e. The molecule has 13 heavy (non-hydrogen) atoms. The quantitative estimate of drug-likeness (QED) is 0.735. The van der Waals surface area contributed by atoms with E-state index in [1.54, 1.807) is 0 Å². The van der Waals surface area contributed by atoms with Crippen molar-refractivity contribution in [3.05, 3.63) is 0 Å². The van der Waals surface area contributed by atoms with Crippen molar-refractivity contribution in [3.63, 3.8) is 0 Å². The Hall–Kier alpha value is 0.310. The molecule has 1 aliphatic heterocycles. The normalized spacial score (nSPS) is 46.4. The Balaban J connectivity index is 1.63. The van der Waals surface area contributed by atoms with Gasteiger partial charge in [-0.15, -0.1) is 0 Å². The van der Waals surface area contributed by atoms with Crippen molar-refractivity contribution in [1.82, 2.24) is 0 Å². The Morgan fingerprint density at radius 3 is 2.38 bits per heavy atom. The third-order valence-electron chi connectivity index (χ3n) is 4.28. The SMILES string of the molecule is NC1(C2CCSCC2)CC1C1CC1. The Morgan fingerprint density at radius 1 is 1.08 bits per heavy atom. The van der Waals surface area contributed by atoms with Crippen LogP contribution < -0.4 is 5.73 Å². The van der Waals surface area contributed by atoms with E-state index in [1.807, 2.05) is 0 Å². The van der Waals surface area contributed by atoms with Gasteiger partial charge in [-0.05, 0) is 61.4 Å². The molecule has 0 aromatic heterocycles. The highest BCUT2D eigenvalue weighted by atomic mass is 32.2. The van der Waals surface area contributed by atoms with Crippen LogP contribution in [0.1, 0.15) is 32.1 Å². The minimum Gasteiger partial charge on any atom is -0.325 e. The van der Waals surface area contributed by atoms with E-state index in [-0.39, 0.29) is 0 Å². The lowest BCUT2D eigenvalue weighted by molar-refractivity contribution is 0.343. The second kappa shape index (κ2) is 2.90. The predicted octanol–water partition coefficient (Wildman–Crippen LogP) is 2.26. The molecule has 0 bridgehead atoms. The highest BCUT2D eigenvalue weighted by Gasteiger charge is 2.60. The Bertz CT molecular complexity index is 208. The molecule has 0 aromatic carbocycles. The van der Waals surface area contributed by atoms with Crippen LogP contribution in [0.15, 0.2) is 0 Å². The highest BCUT2D eigenvalue weighted by molar-refractivity contribution is 7.99. The van der Waals surface area contributed by atoms with Gasteiger partial charge in [0, 0.05) is 5.54 Å². The first-order valence-electron chi connectivity index (χ1n) is 5.67. The minimum atomic E-state index is 0.308. The smallest absolute Gasteiger partial charge is 0.0218 e. The number of rotatable bonds is 2. The van der Waals surface area contributed by atoms with Crippen molar-refractivity contribution < 1.29 is 0 Å². The van der Waals surface area contributed by atoms with Crippen LogP contribution in [0.2, 0.25) is 0 Å². The largest absolute Gasteiger partial charge is 0.325 e. The summed E-state index contributed by atoms with van der Waals surface area (Å²) in [5.74, 6) is 5.57. The van der Waals surface area contributed by atoms with E-state index in [1.165, 1.54) is 43.6 Å². The zero-order chi connectivity index (χ0) is 8.89. The molecular weight excluding hydrogens is 178 g/mol. The Labute approximate surface area is 84.8 Å². The molecule has 3 aliphatic rings. The summed E-state index contributed by atoms with van der Waals surface area (Å²) in [5, 5.41) is 0. The van der Waals surface area contributed by atoms with Gasteiger partial charge in [-0.2, -0.15) is 11.8 Å². The second-order valence-corrected chi connectivity index (χ2v) is 6.37. The van der Waals surface area contributed by atoms with Gasteiger partial charge in [-0.25, -0.2) is 0 Å². The highest BCUT2D eigenvalue weighted by Crippen LogP contribution is 2.60. The molecular formula is C11H19NS. The van der Waals surface area contributed by atoms with Crippen LogP contribution >= 0.6 is 11.8 Å². The standard InChI is InChI=1S/C11H19NS/c12-11(7-10(11)8-1-2-8)9-3-5-13-6-4-9/h8-10H,1-7,12H2. The summed E-state index contributed by atoms with van der Waals surface area (Å²) >= 11 is 2.11. The molecule has 1 nitrogen and oxygen atoms in total. The van der Waals surface area contributed by atoms with E-state index in [0.717, 1.165) is 17.8 Å². The molecule has 1 heterocycles. The molecule has 2 aliphatic carbocycles. The molecule has 2 heteroatoms. The average Bonchev–Trinajstić information content (AvgIpc) is 3.00. The fourth-order valence-corrected chi connectivity index (χ4v) is 4.24. The lowest BCUT2D eigenvalue weighted by atomic mass is 9.89. The van der Waals surface area contributed by atoms with Crippen molar-refractivity contribution in [3.8, 4) is 0 Å².